The van der Waals surface area contributed by atoms with Gasteiger partial charge in [0.1, 0.15) is 6.04 Å². The lowest BCUT2D eigenvalue weighted by Gasteiger charge is -2.43. The van der Waals surface area contributed by atoms with E-state index < -0.39 is 47.6 Å². The van der Waals surface area contributed by atoms with E-state index in [1.807, 2.05) is 74.9 Å². The second kappa shape index (κ2) is 22.4. The number of nitrogens with one attached hydrogen (secondary N) is 3. The van der Waals surface area contributed by atoms with E-state index in [1.54, 1.807) is 46.9 Å². The number of likely N-dealkylation sites (tertiary alicyclic amines) is 1. The molecule has 312 valence electrons. The molecule has 5 amide bonds. The van der Waals surface area contributed by atoms with Crippen LogP contribution in [-0.4, -0.2) is 134 Å². The number of hydrogen-bond donors (Lipinski definition) is 3. The Labute approximate surface area is 331 Å². The van der Waals surface area contributed by atoms with Crippen molar-refractivity contribution in [1.82, 2.24) is 30.7 Å². The number of amides is 5. The topological polar surface area (TPSA) is 150 Å². The number of methoxy groups -OCH3 is 2. The van der Waals surface area contributed by atoms with E-state index in [9.17, 15) is 24.0 Å². The van der Waals surface area contributed by atoms with Gasteiger partial charge in [-0.15, -0.1) is 0 Å². The van der Waals surface area contributed by atoms with Gasteiger partial charge >= 0.3 is 0 Å². The Bertz CT molecular complexity index is 1390. The monoisotopic (exact) mass is 773 g/mol. The first-order chi connectivity index (χ1) is 25.9. The molecule has 8 atom stereocenters. The Balaban J connectivity index is 2.33. The van der Waals surface area contributed by atoms with Gasteiger partial charge in [0.25, 0.3) is 0 Å². The first kappa shape index (κ1) is 47.8. The zero-order valence-corrected chi connectivity index (χ0v) is 35.9. The summed E-state index contributed by atoms with van der Waals surface area (Å²) in [5.74, 6) is -2.18. The maximum absolute atomic E-state index is 14.3. The molecule has 0 aromatic heterocycles. The number of benzene rings is 1. The van der Waals surface area contributed by atoms with Crippen molar-refractivity contribution >= 4 is 29.5 Å². The Hall–Kier alpha value is -3.39. The SMILES string of the molecule is CC[C@H](C)[C@@H]([C@@H](CC(=O)N1CCC[C@H]1[C@H](OC)[C@@H](C)C(=O)N[C@@H](Cc1ccccc1)C(=O)N(CC)CC)OC)N(C)[C@H](C(=O)NC(=O)C(C)(C)NC)C(C)C. The fourth-order valence-corrected chi connectivity index (χ4v) is 7.90. The second-order valence-corrected chi connectivity index (χ2v) is 15.9. The van der Waals surface area contributed by atoms with Crippen molar-refractivity contribution in [1.29, 1.82) is 0 Å². The summed E-state index contributed by atoms with van der Waals surface area (Å²) < 4.78 is 12.1. The predicted molar refractivity (Wildman–Crippen MR) is 216 cm³/mol. The Kier molecular flexibility index (Phi) is 19.4. The van der Waals surface area contributed by atoms with Gasteiger partial charge < -0.3 is 29.9 Å². The maximum Gasteiger partial charge on any atom is 0.246 e. The van der Waals surface area contributed by atoms with E-state index in [-0.39, 0.29) is 48.1 Å². The first-order valence-corrected chi connectivity index (χ1v) is 20.2. The standard InChI is InChI=1S/C42H72N6O7/c1-14-28(6)36(46(11)35(27(4)5)39(51)45-41(53)42(8,9)43-10)33(54-12)26-34(49)48-24-20-23-32(48)37(55-13)29(7)38(50)44-31(40(52)47(15-2)16-3)25-30-21-18-17-19-22-30/h17-19,21-22,27-29,31-33,35-37,43H,14-16,20,23-26H2,1-13H3,(H,44,50)(H,45,51,53)/t28-,29+,31-,32-,33+,35-,36-,37+/m0/s1. The van der Waals surface area contributed by atoms with Crippen LogP contribution in [0.3, 0.4) is 0 Å². The average molecular weight is 773 g/mol. The van der Waals surface area contributed by atoms with Crippen LogP contribution >= 0.6 is 0 Å². The van der Waals surface area contributed by atoms with Crippen molar-refractivity contribution in [3.05, 3.63) is 35.9 Å². The highest BCUT2D eigenvalue weighted by atomic mass is 16.5. The molecular weight excluding hydrogens is 700 g/mol. The summed E-state index contributed by atoms with van der Waals surface area (Å²) in [6, 6.07) is 7.51. The van der Waals surface area contributed by atoms with Crippen LogP contribution in [0.1, 0.15) is 93.6 Å². The van der Waals surface area contributed by atoms with Gasteiger partial charge in [0, 0.05) is 46.3 Å². The molecular formula is C42H72N6O7. The molecule has 0 radical (unpaired) electrons. The number of rotatable bonds is 22. The molecule has 0 aliphatic carbocycles. The Morgan fingerprint density at radius 2 is 1.56 bits per heavy atom. The number of carbonyl (C=O) groups excluding carboxylic acids is 5. The number of likely N-dealkylation sites (N-methyl/N-ethyl adjacent to an activating group) is 3. The lowest BCUT2D eigenvalue weighted by Crippen LogP contribution is -2.61. The van der Waals surface area contributed by atoms with Crippen LogP contribution in [0, 0.1) is 17.8 Å². The minimum absolute atomic E-state index is 0.0361. The molecule has 0 spiro atoms. The maximum atomic E-state index is 14.3. The van der Waals surface area contributed by atoms with E-state index in [0.29, 0.717) is 32.5 Å². The largest absolute Gasteiger partial charge is 0.379 e. The van der Waals surface area contributed by atoms with Gasteiger partial charge in [-0.05, 0) is 72.0 Å². The summed E-state index contributed by atoms with van der Waals surface area (Å²) in [5, 5.41) is 8.59. The lowest BCUT2D eigenvalue weighted by atomic mass is 9.87. The van der Waals surface area contributed by atoms with Gasteiger partial charge in [-0.25, -0.2) is 0 Å². The van der Waals surface area contributed by atoms with E-state index >= 15 is 0 Å². The molecule has 3 N–H and O–H groups in total. The molecule has 1 fully saturated rings. The van der Waals surface area contributed by atoms with Crippen LogP contribution in [0.15, 0.2) is 30.3 Å². The third kappa shape index (κ3) is 12.6. The van der Waals surface area contributed by atoms with Crippen LogP contribution in [0.4, 0.5) is 0 Å². The van der Waals surface area contributed by atoms with E-state index in [4.69, 9.17) is 9.47 Å². The van der Waals surface area contributed by atoms with Gasteiger partial charge in [0.05, 0.1) is 42.2 Å². The molecule has 1 aromatic rings. The molecule has 1 saturated heterocycles. The fraction of sp³-hybridized carbons (Fsp3) is 0.738. The quantitative estimate of drug-likeness (QED) is 0.161. The van der Waals surface area contributed by atoms with Crippen molar-refractivity contribution in [2.45, 2.75) is 136 Å². The van der Waals surface area contributed by atoms with Gasteiger partial charge in [-0.3, -0.25) is 34.2 Å². The van der Waals surface area contributed by atoms with Crippen molar-refractivity contribution in [3.63, 3.8) is 0 Å². The molecule has 55 heavy (non-hydrogen) atoms. The summed E-state index contributed by atoms with van der Waals surface area (Å²) in [7, 11) is 6.68. The zero-order valence-electron chi connectivity index (χ0n) is 35.9. The van der Waals surface area contributed by atoms with E-state index in [0.717, 1.165) is 18.4 Å². The third-order valence-electron chi connectivity index (χ3n) is 11.7. The smallest absolute Gasteiger partial charge is 0.246 e. The average Bonchev–Trinajstić information content (AvgIpc) is 3.64. The summed E-state index contributed by atoms with van der Waals surface area (Å²) in [5.41, 5.74) is 0.00205. The van der Waals surface area contributed by atoms with Crippen molar-refractivity contribution in [3.8, 4) is 0 Å². The highest BCUT2D eigenvalue weighted by molar-refractivity contribution is 6.01. The molecule has 13 heteroatoms. The first-order valence-electron chi connectivity index (χ1n) is 20.2. The number of hydrogen-bond acceptors (Lipinski definition) is 9. The van der Waals surface area contributed by atoms with Gasteiger partial charge in [0.2, 0.25) is 29.5 Å². The molecule has 1 aliphatic heterocycles. The molecule has 1 aromatic carbocycles. The second-order valence-electron chi connectivity index (χ2n) is 15.9. The molecule has 0 bridgehead atoms. The summed E-state index contributed by atoms with van der Waals surface area (Å²) in [6.07, 6.45) is 1.41. The predicted octanol–water partition coefficient (Wildman–Crippen LogP) is 3.64. The van der Waals surface area contributed by atoms with Crippen molar-refractivity contribution in [2.24, 2.45) is 17.8 Å². The molecule has 0 saturated carbocycles. The normalized spacial score (nSPS) is 18.6. The minimum atomic E-state index is -0.940. The lowest BCUT2D eigenvalue weighted by molar-refractivity contribution is -0.145. The molecule has 13 nitrogen and oxygen atoms in total. The summed E-state index contributed by atoms with van der Waals surface area (Å²) in [4.78, 5) is 74.0. The number of imide groups is 1. The Morgan fingerprint density at radius 1 is 0.945 bits per heavy atom. The number of nitrogens with zero attached hydrogens (tertiary/aromatic N) is 3. The van der Waals surface area contributed by atoms with Crippen molar-refractivity contribution < 1.29 is 33.4 Å². The molecule has 1 aliphatic rings. The van der Waals surface area contributed by atoms with E-state index in [1.165, 1.54) is 0 Å². The van der Waals surface area contributed by atoms with Gasteiger partial charge in [-0.2, -0.15) is 0 Å². The number of ether oxygens (including phenoxy) is 2. The number of carbonyl (C=O) groups is 5. The fourth-order valence-electron chi connectivity index (χ4n) is 7.90. The summed E-state index contributed by atoms with van der Waals surface area (Å²) in [6.45, 7) is 18.6. The Morgan fingerprint density at radius 3 is 2.07 bits per heavy atom. The third-order valence-corrected chi connectivity index (χ3v) is 11.7. The van der Waals surface area contributed by atoms with Crippen LogP contribution in [0.2, 0.25) is 0 Å². The highest BCUT2D eigenvalue weighted by Gasteiger charge is 2.44. The molecule has 1 heterocycles. The highest BCUT2D eigenvalue weighted by Crippen LogP contribution is 2.30. The van der Waals surface area contributed by atoms with Crippen LogP contribution in [0.5, 0.6) is 0 Å². The van der Waals surface area contributed by atoms with Crippen LogP contribution in [-0.2, 0) is 39.9 Å². The van der Waals surface area contributed by atoms with Crippen molar-refractivity contribution in [2.75, 3.05) is 47.9 Å². The molecule has 2 rings (SSSR count). The summed E-state index contributed by atoms with van der Waals surface area (Å²) >= 11 is 0. The van der Waals surface area contributed by atoms with Crippen LogP contribution < -0.4 is 16.0 Å². The van der Waals surface area contributed by atoms with E-state index in [2.05, 4.69) is 29.8 Å². The van der Waals surface area contributed by atoms with Gasteiger partial charge in [0.15, 0.2) is 0 Å². The minimum Gasteiger partial charge on any atom is -0.379 e. The zero-order chi connectivity index (χ0) is 41.6. The van der Waals surface area contributed by atoms with Crippen LogP contribution in [0.25, 0.3) is 0 Å². The van der Waals surface area contributed by atoms with Gasteiger partial charge in [-0.1, -0.05) is 71.4 Å². The molecule has 0 unspecified atom stereocenters.